The van der Waals surface area contributed by atoms with Crippen LogP contribution in [0.4, 0.5) is 5.82 Å². The van der Waals surface area contributed by atoms with Crippen molar-refractivity contribution in [3.05, 3.63) is 73.1 Å². The number of likely N-dealkylation sites (tertiary alicyclic amines) is 1. The lowest BCUT2D eigenvalue weighted by molar-refractivity contribution is -0.128. The summed E-state index contributed by atoms with van der Waals surface area (Å²) in [6.07, 6.45) is 7.13. The smallest absolute Gasteiger partial charge is 0.246 e. The van der Waals surface area contributed by atoms with Gasteiger partial charge in [-0.15, -0.1) is 0 Å². The Labute approximate surface area is 238 Å². The van der Waals surface area contributed by atoms with Gasteiger partial charge in [0.25, 0.3) is 0 Å². The Balaban J connectivity index is 1.14. The van der Waals surface area contributed by atoms with Gasteiger partial charge in [0, 0.05) is 37.8 Å². The molecule has 3 fully saturated rings. The number of amides is 1. The van der Waals surface area contributed by atoms with Gasteiger partial charge in [0.2, 0.25) is 5.91 Å². The molecule has 3 atom stereocenters. The molecule has 2 aromatic carbocycles. The van der Waals surface area contributed by atoms with E-state index in [2.05, 4.69) is 14.9 Å². The average Bonchev–Trinajstić information content (AvgIpc) is 3.72. The van der Waals surface area contributed by atoms with Crippen LogP contribution in [0.1, 0.15) is 18.9 Å². The van der Waals surface area contributed by atoms with Gasteiger partial charge in [-0.25, -0.2) is 14.6 Å². The van der Waals surface area contributed by atoms with Crippen molar-refractivity contribution in [2.24, 2.45) is 5.92 Å². The standard InChI is InChI=1S/C31H33N7O3/c32-30-28-29(22-8-10-24(11-9-22)41-23-5-2-1-3-6-23)35-38(31(28)34-20-33-30)26-18-21-17-25(26)37(19-21)27(39)7-4-12-36-13-15-40-16-14-36/h1-11,20-21,25-26H,12-19H2,(H2,32,33,34)/b7-4+. The monoisotopic (exact) mass is 551 g/mol. The predicted molar refractivity (Wildman–Crippen MR) is 155 cm³/mol. The highest BCUT2D eigenvalue weighted by molar-refractivity contribution is 5.98. The van der Waals surface area contributed by atoms with Crippen molar-refractivity contribution in [2.45, 2.75) is 24.9 Å². The van der Waals surface area contributed by atoms with Gasteiger partial charge in [0.05, 0.1) is 30.7 Å². The van der Waals surface area contributed by atoms with E-state index in [-0.39, 0.29) is 18.0 Å². The van der Waals surface area contributed by atoms with Crippen LogP contribution in [-0.4, -0.2) is 80.9 Å². The summed E-state index contributed by atoms with van der Waals surface area (Å²) in [6.45, 7) is 4.85. The Morgan fingerprint density at radius 1 is 1.00 bits per heavy atom. The van der Waals surface area contributed by atoms with Crippen LogP contribution < -0.4 is 10.5 Å². The van der Waals surface area contributed by atoms with Gasteiger partial charge in [0.15, 0.2) is 5.65 Å². The Morgan fingerprint density at radius 2 is 1.76 bits per heavy atom. The minimum absolute atomic E-state index is 0.0246. The summed E-state index contributed by atoms with van der Waals surface area (Å²) in [5.74, 6) is 2.41. The molecule has 2 N–H and O–H groups in total. The summed E-state index contributed by atoms with van der Waals surface area (Å²) >= 11 is 0. The molecular weight excluding hydrogens is 518 g/mol. The fourth-order valence-electron chi connectivity index (χ4n) is 6.42. The number of para-hydroxylation sites is 1. The molecule has 1 saturated carbocycles. The average molecular weight is 552 g/mol. The first-order chi connectivity index (χ1) is 20.1. The molecule has 10 nitrogen and oxygen atoms in total. The Hall–Kier alpha value is -4.28. The highest BCUT2D eigenvalue weighted by atomic mass is 16.5. The summed E-state index contributed by atoms with van der Waals surface area (Å²) in [5, 5.41) is 5.80. The first-order valence-corrected chi connectivity index (χ1v) is 14.2. The number of hydrogen-bond acceptors (Lipinski definition) is 8. The van der Waals surface area contributed by atoms with E-state index in [1.807, 2.05) is 70.3 Å². The molecule has 3 unspecified atom stereocenters. The molecule has 7 rings (SSSR count). The lowest BCUT2D eigenvalue weighted by Gasteiger charge is -2.33. The number of ether oxygens (including phenoxy) is 2. The molecule has 10 heteroatoms. The van der Waals surface area contributed by atoms with Crippen molar-refractivity contribution in [1.29, 1.82) is 0 Å². The second-order valence-electron chi connectivity index (χ2n) is 11.0. The number of piperidine rings is 1. The number of rotatable bonds is 7. The van der Waals surface area contributed by atoms with Crippen LogP contribution in [0.3, 0.4) is 0 Å². The maximum Gasteiger partial charge on any atom is 0.246 e. The largest absolute Gasteiger partial charge is 0.457 e. The third-order valence-corrected chi connectivity index (χ3v) is 8.40. The molecule has 2 bridgehead atoms. The fraction of sp³-hybridized carbons (Fsp3) is 0.355. The molecule has 4 heterocycles. The van der Waals surface area contributed by atoms with Gasteiger partial charge in [0.1, 0.15) is 29.3 Å². The first kappa shape index (κ1) is 25.7. The van der Waals surface area contributed by atoms with Crippen LogP contribution in [0, 0.1) is 5.92 Å². The number of nitrogens with two attached hydrogens (primary N) is 1. The van der Waals surface area contributed by atoms with E-state index >= 15 is 0 Å². The second kappa shape index (κ2) is 10.9. The number of nitrogen functional groups attached to an aromatic ring is 1. The molecule has 3 aliphatic rings. The van der Waals surface area contributed by atoms with Crippen molar-refractivity contribution in [3.63, 3.8) is 0 Å². The van der Waals surface area contributed by atoms with Crippen LogP contribution in [0.15, 0.2) is 73.1 Å². The molecule has 0 radical (unpaired) electrons. The summed E-state index contributed by atoms with van der Waals surface area (Å²) < 4.78 is 13.4. The van der Waals surface area contributed by atoms with Gasteiger partial charge in [-0.05, 0) is 55.2 Å². The molecular formula is C31H33N7O3. The van der Waals surface area contributed by atoms with Gasteiger partial charge >= 0.3 is 0 Å². The van der Waals surface area contributed by atoms with Crippen LogP contribution in [0.25, 0.3) is 22.3 Å². The quantitative estimate of drug-likeness (QED) is 0.344. The molecule has 4 aromatic rings. The Kier molecular flexibility index (Phi) is 6.85. The summed E-state index contributed by atoms with van der Waals surface area (Å²) in [7, 11) is 0. The Morgan fingerprint density at radius 3 is 2.54 bits per heavy atom. The molecule has 2 aliphatic heterocycles. The van der Waals surface area contributed by atoms with Crippen molar-refractivity contribution in [2.75, 3.05) is 45.1 Å². The number of carbonyl (C=O) groups is 1. The maximum absolute atomic E-state index is 13.3. The number of hydrogen-bond donors (Lipinski definition) is 1. The van der Waals surface area contributed by atoms with Crippen molar-refractivity contribution < 1.29 is 14.3 Å². The number of aromatic nitrogens is 4. The Bertz CT molecular complexity index is 1560. The zero-order valence-corrected chi connectivity index (χ0v) is 22.8. The van der Waals surface area contributed by atoms with Crippen molar-refractivity contribution in [1.82, 2.24) is 29.5 Å². The van der Waals surface area contributed by atoms with Gasteiger partial charge in [-0.3, -0.25) is 9.69 Å². The third kappa shape index (κ3) is 5.05. The number of morpholine rings is 1. The summed E-state index contributed by atoms with van der Waals surface area (Å²) in [6, 6.07) is 17.6. The molecule has 1 aliphatic carbocycles. The van der Waals surface area contributed by atoms with Gasteiger partial charge in [-0.1, -0.05) is 24.3 Å². The molecule has 41 heavy (non-hydrogen) atoms. The number of benzene rings is 2. The molecule has 210 valence electrons. The highest BCUT2D eigenvalue weighted by Crippen LogP contribution is 2.46. The zero-order valence-electron chi connectivity index (χ0n) is 22.8. The lowest BCUT2D eigenvalue weighted by atomic mass is 10.1. The van der Waals surface area contributed by atoms with Crippen LogP contribution in [-0.2, 0) is 9.53 Å². The van der Waals surface area contributed by atoms with Crippen molar-refractivity contribution >= 4 is 22.8 Å². The van der Waals surface area contributed by atoms with E-state index in [9.17, 15) is 4.79 Å². The zero-order chi connectivity index (χ0) is 27.8. The molecule has 1 amide bonds. The van der Waals surface area contributed by atoms with Crippen LogP contribution >= 0.6 is 0 Å². The second-order valence-corrected chi connectivity index (χ2v) is 11.0. The van der Waals surface area contributed by atoms with Gasteiger partial charge < -0.3 is 20.1 Å². The lowest BCUT2D eigenvalue weighted by Crippen LogP contribution is -2.42. The molecule has 0 spiro atoms. The van der Waals surface area contributed by atoms with E-state index in [1.54, 1.807) is 6.08 Å². The number of carbonyl (C=O) groups excluding carboxylic acids is 1. The minimum Gasteiger partial charge on any atom is -0.457 e. The molecule has 2 aromatic heterocycles. The number of fused-ring (bicyclic) bond motifs is 3. The van der Waals surface area contributed by atoms with E-state index < -0.39 is 0 Å². The van der Waals surface area contributed by atoms with Gasteiger partial charge in [-0.2, -0.15) is 5.10 Å². The summed E-state index contributed by atoms with van der Waals surface area (Å²) in [5.41, 5.74) is 8.72. The summed E-state index contributed by atoms with van der Waals surface area (Å²) in [4.78, 5) is 26.5. The topological polar surface area (TPSA) is 112 Å². The third-order valence-electron chi connectivity index (χ3n) is 8.40. The normalized spacial score (nSPS) is 22.6. The highest BCUT2D eigenvalue weighted by Gasteiger charge is 2.48. The number of anilines is 1. The number of nitrogens with zero attached hydrogens (tertiary/aromatic N) is 6. The van der Waals surface area contributed by atoms with E-state index in [4.69, 9.17) is 20.3 Å². The first-order valence-electron chi connectivity index (χ1n) is 14.2. The van der Waals surface area contributed by atoms with Crippen LogP contribution in [0.2, 0.25) is 0 Å². The van der Waals surface area contributed by atoms with Crippen LogP contribution in [0.5, 0.6) is 11.5 Å². The molecule has 2 saturated heterocycles. The fourth-order valence-corrected chi connectivity index (χ4v) is 6.42. The van der Waals surface area contributed by atoms with E-state index in [0.717, 1.165) is 80.4 Å². The van der Waals surface area contributed by atoms with E-state index in [0.29, 0.717) is 17.4 Å². The van der Waals surface area contributed by atoms with E-state index in [1.165, 1.54) is 6.33 Å². The van der Waals surface area contributed by atoms with Crippen molar-refractivity contribution in [3.8, 4) is 22.8 Å². The minimum atomic E-state index is 0.0246. The maximum atomic E-state index is 13.3. The predicted octanol–water partition coefficient (Wildman–Crippen LogP) is 3.92. The SMILES string of the molecule is Nc1ncnc2c1c(-c1ccc(Oc3ccccc3)cc1)nn2C1CC2CC1N(C(=O)/C=C/CN1CCOCC1)C2.